The molecule has 1 spiro atoms. The van der Waals surface area contributed by atoms with Crippen molar-refractivity contribution in [3.05, 3.63) is 0 Å². The van der Waals surface area contributed by atoms with Crippen LogP contribution in [0.5, 0.6) is 0 Å². The van der Waals surface area contributed by atoms with Gasteiger partial charge in [0.15, 0.2) is 0 Å². The van der Waals surface area contributed by atoms with Gasteiger partial charge in [-0.15, -0.1) is 0 Å². The second kappa shape index (κ2) is 2.86. The average molecular weight is 198 g/mol. The fraction of sp³-hybridized carbons (Fsp3) is 0.900. The van der Waals surface area contributed by atoms with Crippen LogP contribution in [0.25, 0.3) is 0 Å². The van der Waals surface area contributed by atoms with E-state index in [0.717, 1.165) is 6.54 Å². The highest BCUT2D eigenvalue weighted by Crippen LogP contribution is 2.38. The number of carbonyl (C=O) groups excluding carboxylic acids is 1. The van der Waals surface area contributed by atoms with E-state index in [0.29, 0.717) is 0 Å². The summed E-state index contributed by atoms with van der Waals surface area (Å²) < 4.78 is 5.23. The van der Waals surface area contributed by atoms with E-state index in [1.165, 1.54) is 19.3 Å². The van der Waals surface area contributed by atoms with Crippen molar-refractivity contribution in [1.29, 1.82) is 0 Å². The predicted octanol–water partition coefficient (Wildman–Crippen LogP) is 1.66. The Morgan fingerprint density at radius 2 is 2.00 bits per heavy atom. The fourth-order valence-corrected chi connectivity index (χ4v) is 1.87. The van der Waals surface area contributed by atoms with Gasteiger partial charge < -0.3 is 4.74 Å². The summed E-state index contributed by atoms with van der Waals surface area (Å²) in [4.78, 5) is 11.5. The summed E-state index contributed by atoms with van der Waals surface area (Å²) in [6.45, 7) is 6.44. The molecule has 1 saturated heterocycles. The van der Waals surface area contributed by atoms with Crippen molar-refractivity contribution in [3.8, 4) is 0 Å². The molecular formula is C10H18N2O2. The summed E-state index contributed by atoms with van der Waals surface area (Å²) in [5.74, 6) is 0. The molecular weight excluding hydrogens is 180 g/mol. The smallest absolute Gasteiger partial charge is 0.424 e. The van der Waals surface area contributed by atoms with Gasteiger partial charge in [-0.1, -0.05) is 0 Å². The first-order chi connectivity index (χ1) is 6.40. The summed E-state index contributed by atoms with van der Waals surface area (Å²) in [6, 6.07) is 0. The molecule has 1 aliphatic carbocycles. The first kappa shape index (κ1) is 9.77. The molecule has 2 aliphatic rings. The number of rotatable bonds is 0. The minimum absolute atomic E-state index is 0.247. The van der Waals surface area contributed by atoms with Crippen molar-refractivity contribution in [2.24, 2.45) is 0 Å². The van der Waals surface area contributed by atoms with Crippen LogP contribution in [0.3, 0.4) is 0 Å². The Morgan fingerprint density at radius 3 is 2.36 bits per heavy atom. The van der Waals surface area contributed by atoms with Crippen molar-refractivity contribution in [3.63, 3.8) is 0 Å². The van der Waals surface area contributed by atoms with Crippen LogP contribution in [0, 0.1) is 0 Å². The van der Waals surface area contributed by atoms with Gasteiger partial charge in [0.25, 0.3) is 0 Å². The van der Waals surface area contributed by atoms with Gasteiger partial charge >= 0.3 is 6.09 Å². The Bertz CT molecular complexity index is 245. The van der Waals surface area contributed by atoms with Crippen LogP contribution >= 0.6 is 0 Å². The number of nitrogens with zero attached hydrogens (tertiary/aromatic N) is 1. The van der Waals surface area contributed by atoms with Crippen molar-refractivity contribution in [1.82, 2.24) is 10.4 Å². The van der Waals surface area contributed by atoms with E-state index in [4.69, 9.17) is 4.74 Å². The van der Waals surface area contributed by atoms with E-state index in [1.807, 2.05) is 20.8 Å². The first-order valence-corrected chi connectivity index (χ1v) is 5.19. The highest BCUT2D eigenvalue weighted by Gasteiger charge is 2.49. The minimum Gasteiger partial charge on any atom is -0.443 e. The van der Waals surface area contributed by atoms with Crippen LogP contribution in [0.2, 0.25) is 0 Å². The predicted molar refractivity (Wildman–Crippen MR) is 52.7 cm³/mol. The Morgan fingerprint density at radius 1 is 1.43 bits per heavy atom. The third-order valence-electron chi connectivity index (χ3n) is 2.76. The van der Waals surface area contributed by atoms with Crippen LogP contribution in [-0.2, 0) is 4.74 Å². The quantitative estimate of drug-likeness (QED) is 0.643. The lowest BCUT2D eigenvalue weighted by Gasteiger charge is -2.55. The lowest BCUT2D eigenvalue weighted by atomic mass is 9.75. The third-order valence-corrected chi connectivity index (χ3v) is 2.76. The van der Waals surface area contributed by atoms with Crippen LogP contribution in [0.4, 0.5) is 4.79 Å². The number of amides is 1. The van der Waals surface area contributed by atoms with E-state index in [9.17, 15) is 4.79 Å². The van der Waals surface area contributed by atoms with E-state index in [1.54, 1.807) is 5.01 Å². The molecule has 1 heterocycles. The fourth-order valence-electron chi connectivity index (χ4n) is 1.87. The summed E-state index contributed by atoms with van der Waals surface area (Å²) in [5.41, 5.74) is 3.02. The van der Waals surface area contributed by atoms with E-state index >= 15 is 0 Å². The van der Waals surface area contributed by atoms with Gasteiger partial charge in [-0.25, -0.2) is 15.2 Å². The average Bonchev–Trinajstić information content (AvgIpc) is 1.74. The largest absolute Gasteiger partial charge is 0.443 e. The molecule has 0 radical (unpaired) electrons. The molecule has 0 aromatic rings. The second-order valence-electron chi connectivity index (χ2n) is 5.31. The van der Waals surface area contributed by atoms with Gasteiger partial charge in [0.2, 0.25) is 0 Å². The van der Waals surface area contributed by atoms with E-state index in [-0.39, 0.29) is 11.6 Å². The van der Waals surface area contributed by atoms with Crippen molar-refractivity contribution >= 4 is 6.09 Å². The zero-order chi connectivity index (χ0) is 10.4. The van der Waals surface area contributed by atoms with Gasteiger partial charge in [-0.3, -0.25) is 0 Å². The Balaban J connectivity index is 1.79. The molecule has 0 aromatic carbocycles. The molecule has 0 atom stereocenters. The standard InChI is InChI=1S/C10H18N2O2/c1-9(2,3)14-8(13)12-7-10(11-12)5-4-6-10/h11H,4-7H2,1-3H3. The molecule has 0 bridgehead atoms. The summed E-state index contributed by atoms with van der Waals surface area (Å²) in [7, 11) is 0. The normalized spacial score (nSPS) is 24.1. The summed E-state index contributed by atoms with van der Waals surface area (Å²) in [5, 5.41) is 1.57. The first-order valence-electron chi connectivity index (χ1n) is 5.19. The zero-order valence-electron chi connectivity index (χ0n) is 9.09. The molecule has 1 N–H and O–H groups in total. The number of hydrogen-bond donors (Lipinski definition) is 1. The SMILES string of the molecule is CC(C)(C)OC(=O)N1CC2(CCC2)N1. The lowest BCUT2D eigenvalue weighted by Crippen LogP contribution is -2.75. The molecule has 4 nitrogen and oxygen atoms in total. The molecule has 0 unspecified atom stereocenters. The third kappa shape index (κ3) is 1.71. The maximum Gasteiger partial charge on any atom is 0.424 e. The van der Waals surface area contributed by atoms with Crippen LogP contribution in [-0.4, -0.2) is 28.8 Å². The lowest BCUT2D eigenvalue weighted by molar-refractivity contribution is -0.0835. The van der Waals surface area contributed by atoms with Crippen molar-refractivity contribution in [2.45, 2.75) is 51.2 Å². The molecule has 1 aliphatic heterocycles. The molecule has 14 heavy (non-hydrogen) atoms. The number of hydrogen-bond acceptors (Lipinski definition) is 3. The van der Waals surface area contributed by atoms with Gasteiger partial charge in [0.05, 0.1) is 12.1 Å². The highest BCUT2D eigenvalue weighted by atomic mass is 16.6. The minimum atomic E-state index is -0.402. The molecule has 4 heteroatoms. The summed E-state index contributed by atoms with van der Waals surface area (Å²) >= 11 is 0. The zero-order valence-corrected chi connectivity index (χ0v) is 9.09. The maximum absolute atomic E-state index is 11.5. The summed E-state index contributed by atoms with van der Waals surface area (Å²) in [6.07, 6.45) is 3.39. The van der Waals surface area contributed by atoms with Crippen LogP contribution in [0.15, 0.2) is 0 Å². The van der Waals surface area contributed by atoms with E-state index in [2.05, 4.69) is 5.43 Å². The molecule has 80 valence electrons. The Kier molecular flexibility index (Phi) is 2.00. The maximum atomic E-state index is 11.5. The van der Waals surface area contributed by atoms with Crippen molar-refractivity contribution in [2.75, 3.05) is 6.54 Å². The van der Waals surface area contributed by atoms with Gasteiger partial charge in [-0.05, 0) is 40.0 Å². The van der Waals surface area contributed by atoms with Crippen molar-refractivity contribution < 1.29 is 9.53 Å². The Labute approximate surface area is 84.6 Å². The second-order valence-corrected chi connectivity index (χ2v) is 5.31. The number of carbonyl (C=O) groups is 1. The van der Waals surface area contributed by atoms with Gasteiger partial charge in [-0.2, -0.15) is 0 Å². The molecule has 0 aromatic heterocycles. The molecule has 2 rings (SSSR count). The number of hydrazine groups is 1. The van der Waals surface area contributed by atoms with Crippen LogP contribution in [0.1, 0.15) is 40.0 Å². The highest BCUT2D eigenvalue weighted by molar-refractivity contribution is 5.69. The van der Waals surface area contributed by atoms with Gasteiger partial charge in [0, 0.05) is 0 Å². The Hall–Kier alpha value is -0.770. The van der Waals surface area contributed by atoms with E-state index < -0.39 is 5.60 Å². The number of ether oxygens (including phenoxy) is 1. The van der Waals surface area contributed by atoms with Gasteiger partial charge in [0.1, 0.15) is 5.60 Å². The molecule has 2 fully saturated rings. The molecule has 1 amide bonds. The molecule has 1 saturated carbocycles. The number of nitrogens with one attached hydrogen (secondary N) is 1. The monoisotopic (exact) mass is 198 g/mol. The topological polar surface area (TPSA) is 41.6 Å². The van der Waals surface area contributed by atoms with Crippen LogP contribution < -0.4 is 5.43 Å².